The van der Waals surface area contributed by atoms with E-state index in [1.54, 1.807) is 12.1 Å². The lowest BCUT2D eigenvalue weighted by atomic mass is 10.3. The van der Waals surface area contributed by atoms with Gasteiger partial charge in [-0.05, 0) is 24.3 Å². The van der Waals surface area contributed by atoms with Crippen LogP contribution in [0.2, 0.25) is 0 Å². The fraction of sp³-hybridized carbons (Fsp3) is 0.400. The molecule has 0 saturated carbocycles. The van der Waals surface area contributed by atoms with E-state index in [0.29, 0.717) is 6.92 Å². The van der Waals surface area contributed by atoms with E-state index in [4.69, 9.17) is 0 Å². The largest absolute Gasteiger partial charge is 0.433 e. The van der Waals surface area contributed by atoms with Crippen molar-refractivity contribution in [1.82, 2.24) is 0 Å². The Hall–Kier alpha value is -1.32. The van der Waals surface area contributed by atoms with Crippen LogP contribution < -0.4 is 9.64 Å². The maximum atomic E-state index is 12.4. The van der Waals surface area contributed by atoms with Crippen LogP contribution in [0.4, 0.5) is 14.5 Å². The van der Waals surface area contributed by atoms with Gasteiger partial charge in [0.2, 0.25) is 0 Å². The number of halogens is 2. The van der Waals surface area contributed by atoms with Crippen LogP contribution in [0.1, 0.15) is 6.92 Å². The molecule has 1 aromatic rings. The van der Waals surface area contributed by atoms with E-state index in [9.17, 15) is 8.78 Å². The number of benzene rings is 1. The zero-order valence-electron chi connectivity index (χ0n) is 8.42. The van der Waals surface area contributed by atoms with Crippen molar-refractivity contribution in [1.29, 1.82) is 0 Å². The summed E-state index contributed by atoms with van der Waals surface area (Å²) in [5, 5.41) is 0. The number of nitrogens with zero attached hydrogens (tertiary/aromatic N) is 1. The summed E-state index contributed by atoms with van der Waals surface area (Å²) in [5.74, 6) is 0.170. The molecular weight excluding hydrogens is 188 g/mol. The highest BCUT2D eigenvalue weighted by molar-refractivity contribution is 5.47. The van der Waals surface area contributed by atoms with Crippen molar-refractivity contribution >= 4 is 5.69 Å². The number of rotatable bonds is 3. The molecule has 4 heteroatoms. The summed E-state index contributed by atoms with van der Waals surface area (Å²) in [6.07, 6.45) is -3.13. The minimum absolute atomic E-state index is 0.170. The number of anilines is 1. The van der Waals surface area contributed by atoms with E-state index < -0.39 is 6.11 Å². The van der Waals surface area contributed by atoms with E-state index in [2.05, 4.69) is 4.74 Å². The van der Waals surface area contributed by atoms with Crippen LogP contribution >= 0.6 is 0 Å². The van der Waals surface area contributed by atoms with Crippen molar-refractivity contribution in [3.05, 3.63) is 24.3 Å². The molecule has 0 aliphatic rings. The third-order valence-corrected chi connectivity index (χ3v) is 1.65. The van der Waals surface area contributed by atoms with E-state index in [0.717, 1.165) is 5.69 Å². The molecule has 0 fully saturated rings. The van der Waals surface area contributed by atoms with E-state index in [1.165, 1.54) is 12.1 Å². The fourth-order valence-corrected chi connectivity index (χ4v) is 1.02. The van der Waals surface area contributed by atoms with Crippen LogP contribution in [0, 0.1) is 0 Å². The Morgan fingerprint density at radius 3 is 2.00 bits per heavy atom. The van der Waals surface area contributed by atoms with Gasteiger partial charge in [-0.3, -0.25) is 0 Å². The first-order valence-electron chi connectivity index (χ1n) is 4.23. The number of ether oxygens (including phenoxy) is 1. The third kappa shape index (κ3) is 3.20. The first kappa shape index (κ1) is 10.8. The van der Waals surface area contributed by atoms with Crippen molar-refractivity contribution in [2.24, 2.45) is 0 Å². The van der Waals surface area contributed by atoms with Gasteiger partial charge in [0.25, 0.3) is 0 Å². The molecule has 1 aromatic carbocycles. The molecule has 0 radical (unpaired) electrons. The van der Waals surface area contributed by atoms with Crippen molar-refractivity contribution in [3.8, 4) is 5.75 Å². The van der Waals surface area contributed by atoms with E-state index in [-0.39, 0.29) is 5.75 Å². The SMILES string of the molecule is CN(C)c1ccc(OC(C)(F)F)cc1. The predicted octanol–water partition coefficient (Wildman–Crippen LogP) is 2.74. The molecule has 0 aliphatic carbocycles. The summed E-state index contributed by atoms with van der Waals surface area (Å²) >= 11 is 0. The zero-order valence-corrected chi connectivity index (χ0v) is 8.42. The molecule has 0 aromatic heterocycles. The molecule has 0 spiro atoms. The van der Waals surface area contributed by atoms with Gasteiger partial charge in [-0.2, -0.15) is 8.78 Å². The highest BCUT2D eigenvalue weighted by Crippen LogP contribution is 2.23. The van der Waals surface area contributed by atoms with E-state index >= 15 is 0 Å². The second kappa shape index (κ2) is 3.82. The summed E-state index contributed by atoms with van der Waals surface area (Å²) in [5.41, 5.74) is 0.941. The van der Waals surface area contributed by atoms with Crippen LogP contribution in [-0.2, 0) is 0 Å². The van der Waals surface area contributed by atoms with Gasteiger partial charge in [-0.1, -0.05) is 0 Å². The van der Waals surface area contributed by atoms with Crippen molar-refractivity contribution < 1.29 is 13.5 Å². The van der Waals surface area contributed by atoms with Crippen molar-refractivity contribution in [3.63, 3.8) is 0 Å². The Morgan fingerprint density at radius 2 is 1.64 bits per heavy atom. The van der Waals surface area contributed by atoms with Gasteiger partial charge < -0.3 is 9.64 Å². The Labute approximate surface area is 82.1 Å². The highest BCUT2D eigenvalue weighted by Gasteiger charge is 2.22. The number of hydrogen-bond donors (Lipinski definition) is 0. The van der Waals surface area contributed by atoms with Gasteiger partial charge in [0.1, 0.15) is 5.75 Å². The van der Waals surface area contributed by atoms with Gasteiger partial charge in [-0.25, -0.2) is 0 Å². The topological polar surface area (TPSA) is 12.5 Å². The van der Waals surface area contributed by atoms with Gasteiger partial charge in [0.15, 0.2) is 0 Å². The maximum absolute atomic E-state index is 12.4. The molecule has 0 heterocycles. The van der Waals surface area contributed by atoms with Crippen LogP contribution in [-0.4, -0.2) is 20.2 Å². The Morgan fingerprint density at radius 1 is 1.14 bits per heavy atom. The molecule has 0 N–H and O–H groups in total. The fourth-order valence-electron chi connectivity index (χ4n) is 1.02. The average molecular weight is 201 g/mol. The quantitative estimate of drug-likeness (QED) is 0.745. The van der Waals surface area contributed by atoms with Crippen molar-refractivity contribution in [2.75, 3.05) is 19.0 Å². The molecule has 0 unspecified atom stereocenters. The molecule has 0 amide bonds. The minimum Gasteiger partial charge on any atom is -0.433 e. The minimum atomic E-state index is -3.13. The average Bonchev–Trinajstić information content (AvgIpc) is 2.02. The molecule has 0 saturated heterocycles. The molecule has 1 rings (SSSR count). The summed E-state index contributed by atoms with van der Waals surface area (Å²) in [7, 11) is 3.76. The Kier molecular flexibility index (Phi) is 2.93. The molecule has 0 aliphatic heterocycles. The highest BCUT2D eigenvalue weighted by atomic mass is 19.3. The zero-order chi connectivity index (χ0) is 10.8. The predicted molar refractivity (Wildman–Crippen MR) is 52.0 cm³/mol. The summed E-state index contributed by atoms with van der Waals surface area (Å²) in [6.45, 7) is 0.715. The van der Waals surface area contributed by atoms with E-state index in [1.807, 2.05) is 19.0 Å². The normalized spacial score (nSPS) is 11.2. The van der Waals surface area contributed by atoms with Gasteiger partial charge in [-0.15, -0.1) is 0 Å². The molecular formula is C10H13F2NO. The molecule has 0 bridgehead atoms. The molecule has 0 atom stereocenters. The monoisotopic (exact) mass is 201 g/mol. The number of alkyl halides is 2. The summed E-state index contributed by atoms with van der Waals surface area (Å²) in [4.78, 5) is 1.88. The van der Waals surface area contributed by atoms with Crippen LogP contribution in [0.5, 0.6) is 5.75 Å². The van der Waals surface area contributed by atoms with Gasteiger partial charge in [0.05, 0.1) is 0 Å². The third-order valence-electron chi connectivity index (χ3n) is 1.65. The molecule has 2 nitrogen and oxygen atoms in total. The second-order valence-corrected chi connectivity index (χ2v) is 3.30. The standard InChI is InChI=1S/C10H13F2NO/c1-10(11,12)14-9-6-4-8(5-7-9)13(2)3/h4-7H,1-3H3. The molecule has 14 heavy (non-hydrogen) atoms. The van der Waals surface area contributed by atoms with Crippen molar-refractivity contribution in [2.45, 2.75) is 13.0 Å². The lowest BCUT2D eigenvalue weighted by molar-refractivity contribution is -0.158. The smallest absolute Gasteiger partial charge is 0.394 e. The number of hydrogen-bond acceptors (Lipinski definition) is 2. The second-order valence-electron chi connectivity index (χ2n) is 3.30. The van der Waals surface area contributed by atoms with Crippen LogP contribution in [0.25, 0.3) is 0 Å². The van der Waals surface area contributed by atoms with Gasteiger partial charge >= 0.3 is 6.11 Å². The van der Waals surface area contributed by atoms with Crippen LogP contribution in [0.15, 0.2) is 24.3 Å². The Bertz CT molecular complexity index is 290. The first-order valence-corrected chi connectivity index (χ1v) is 4.23. The molecule has 78 valence electrons. The summed E-state index contributed by atoms with van der Waals surface area (Å²) in [6, 6.07) is 6.49. The lowest BCUT2D eigenvalue weighted by Gasteiger charge is -2.15. The van der Waals surface area contributed by atoms with Gasteiger partial charge in [0, 0.05) is 26.7 Å². The summed E-state index contributed by atoms with van der Waals surface area (Å²) < 4.78 is 29.3. The first-order chi connectivity index (χ1) is 6.38. The Balaban J connectivity index is 2.74. The van der Waals surface area contributed by atoms with Crippen LogP contribution in [0.3, 0.4) is 0 Å². The lowest BCUT2D eigenvalue weighted by Crippen LogP contribution is -2.19. The maximum Gasteiger partial charge on any atom is 0.394 e.